The molecule has 0 saturated heterocycles. The Morgan fingerprint density at radius 3 is 2.94 bits per heavy atom. The molecule has 1 aromatic rings. The Morgan fingerprint density at radius 1 is 1.29 bits per heavy atom. The molecule has 2 N–H and O–H groups in total. The first-order valence-electron chi connectivity index (χ1n) is 6.34. The largest absolute Gasteiger partial charge is 0.481 e. The van der Waals surface area contributed by atoms with E-state index in [0.717, 1.165) is 13.0 Å². The second-order valence-corrected chi connectivity index (χ2v) is 4.57. The van der Waals surface area contributed by atoms with E-state index in [0.29, 0.717) is 6.42 Å². The van der Waals surface area contributed by atoms with Gasteiger partial charge in [-0.05, 0) is 49.3 Å². The first kappa shape index (κ1) is 12.0. The molecule has 1 aliphatic rings. The molecule has 0 saturated carbocycles. The number of carbonyl (C=O) groups is 1. The van der Waals surface area contributed by atoms with E-state index in [1.54, 1.807) is 0 Å². The molecule has 17 heavy (non-hydrogen) atoms. The predicted molar refractivity (Wildman–Crippen MR) is 68.4 cm³/mol. The van der Waals surface area contributed by atoms with Crippen molar-refractivity contribution < 1.29 is 9.90 Å². The maximum absolute atomic E-state index is 10.4. The summed E-state index contributed by atoms with van der Waals surface area (Å²) in [5, 5.41) is 11.9. The molecule has 0 aliphatic heterocycles. The van der Waals surface area contributed by atoms with Crippen molar-refractivity contribution in [2.45, 2.75) is 38.5 Å². The molecule has 0 aromatic heterocycles. The summed E-state index contributed by atoms with van der Waals surface area (Å²) in [6.45, 7) is 0.739. The third-order valence-electron chi connectivity index (χ3n) is 3.28. The van der Waals surface area contributed by atoms with Crippen molar-refractivity contribution in [3.05, 3.63) is 29.3 Å². The molecule has 0 spiro atoms. The maximum atomic E-state index is 10.4. The van der Waals surface area contributed by atoms with E-state index >= 15 is 0 Å². The van der Waals surface area contributed by atoms with E-state index in [9.17, 15) is 4.79 Å². The van der Waals surface area contributed by atoms with Gasteiger partial charge in [0.1, 0.15) is 0 Å². The van der Waals surface area contributed by atoms with Crippen molar-refractivity contribution in [3.8, 4) is 0 Å². The van der Waals surface area contributed by atoms with Crippen molar-refractivity contribution in [1.82, 2.24) is 0 Å². The topological polar surface area (TPSA) is 49.3 Å². The average Bonchev–Trinajstić information content (AvgIpc) is 2.34. The molecule has 2 rings (SSSR count). The van der Waals surface area contributed by atoms with E-state index in [1.807, 2.05) is 0 Å². The molecule has 3 heteroatoms. The Kier molecular flexibility index (Phi) is 4.02. The number of nitrogens with one attached hydrogen (secondary N) is 1. The summed E-state index contributed by atoms with van der Waals surface area (Å²) in [5.41, 5.74) is 4.10. The van der Waals surface area contributed by atoms with E-state index in [-0.39, 0.29) is 6.42 Å². The number of anilines is 1. The van der Waals surface area contributed by atoms with Gasteiger partial charge in [0.25, 0.3) is 0 Å². The van der Waals surface area contributed by atoms with Crippen LogP contribution in [-0.2, 0) is 17.6 Å². The highest BCUT2D eigenvalue weighted by molar-refractivity contribution is 5.66. The number of hydrogen-bond donors (Lipinski definition) is 2. The highest BCUT2D eigenvalue weighted by atomic mass is 16.4. The van der Waals surface area contributed by atoms with Gasteiger partial charge >= 0.3 is 5.97 Å². The molecule has 0 heterocycles. The summed E-state index contributed by atoms with van der Waals surface area (Å²) in [4.78, 5) is 10.4. The lowest BCUT2D eigenvalue weighted by molar-refractivity contribution is -0.137. The van der Waals surface area contributed by atoms with Crippen LogP contribution in [0.3, 0.4) is 0 Å². The average molecular weight is 233 g/mol. The number of rotatable bonds is 5. The van der Waals surface area contributed by atoms with Crippen molar-refractivity contribution in [3.63, 3.8) is 0 Å². The van der Waals surface area contributed by atoms with Gasteiger partial charge in [0, 0.05) is 18.7 Å². The van der Waals surface area contributed by atoms with Gasteiger partial charge in [-0.3, -0.25) is 4.79 Å². The summed E-state index contributed by atoms with van der Waals surface area (Å²) in [5.74, 6) is -0.720. The number of carboxylic acid groups (broad SMARTS) is 1. The molecular formula is C14H19NO2. The summed E-state index contributed by atoms with van der Waals surface area (Å²) in [6, 6.07) is 6.39. The van der Waals surface area contributed by atoms with E-state index in [2.05, 4.69) is 23.5 Å². The minimum Gasteiger partial charge on any atom is -0.481 e. The fraction of sp³-hybridized carbons (Fsp3) is 0.500. The molecule has 0 unspecified atom stereocenters. The molecule has 0 fully saturated rings. The summed E-state index contributed by atoms with van der Waals surface area (Å²) in [6.07, 6.45) is 5.80. The van der Waals surface area contributed by atoms with Crippen LogP contribution in [0.5, 0.6) is 0 Å². The lowest BCUT2D eigenvalue weighted by Crippen LogP contribution is -2.10. The van der Waals surface area contributed by atoms with Crippen molar-refractivity contribution in [2.75, 3.05) is 11.9 Å². The van der Waals surface area contributed by atoms with Crippen molar-refractivity contribution in [1.29, 1.82) is 0 Å². The summed E-state index contributed by atoms with van der Waals surface area (Å²) < 4.78 is 0. The van der Waals surface area contributed by atoms with Crippen LogP contribution in [0.25, 0.3) is 0 Å². The molecule has 0 amide bonds. The van der Waals surface area contributed by atoms with Crippen LogP contribution in [0.15, 0.2) is 18.2 Å². The van der Waals surface area contributed by atoms with Gasteiger partial charge in [0.15, 0.2) is 0 Å². The first-order chi connectivity index (χ1) is 8.27. The van der Waals surface area contributed by atoms with Gasteiger partial charge in [0.2, 0.25) is 0 Å². The van der Waals surface area contributed by atoms with Gasteiger partial charge in [-0.25, -0.2) is 0 Å². The minimum absolute atomic E-state index is 0.238. The van der Waals surface area contributed by atoms with Gasteiger partial charge in [-0.15, -0.1) is 0 Å². The molecule has 0 bridgehead atoms. The number of fused-ring (bicyclic) bond motifs is 1. The SMILES string of the molecule is O=C(O)CCCNc1cccc2c1CCCC2. The number of carboxylic acids is 1. The predicted octanol–water partition coefficient (Wildman–Crippen LogP) is 2.84. The van der Waals surface area contributed by atoms with E-state index in [1.165, 1.54) is 36.1 Å². The second-order valence-electron chi connectivity index (χ2n) is 4.57. The Morgan fingerprint density at radius 2 is 2.12 bits per heavy atom. The van der Waals surface area contributed by atoms with Crippen LogP contribution < -0.4 is 5.32 Å². The third-order valence-corrected chi connectivity index (χ3v) is 3.28. The van der Waals surface area contributed by atoms with Gasteiger partial charge < -0.3 is 10.4 Å². The Bertz CT molecular complexity index is 401. The second kappa shape index (κ2) is 5.71. The number of aliphatic carboxylic acids is 1. The van der Waals surface area contributed by atoms with Crippen molar-refractivity contribution >= 4 is 11.7 Å². The van der Waals surface area contributed by atoms with Gasteiger partial charge in [-0.2, -0.15) is 0 Å². The Hall–Kier alpha value is -1.51. The summed E-state index contributed by atoms with van der Waals surface area (Å²) >= 11 is 0. The zero-order chi connectivity index (χ0) is 12.1. The van der Waals surface area contributed by atoms with Crippen LogP contribution in [0, 0.1) is 0 Å². The highest BCUT2D eigenvalue weighted by Gasteiger charge is 2.12. The number of aryl methyl sites for hydroxylation is 1. The highest BCUT2D eigenvalue weighted by Crippen LogP contribution is 2.27. The van der Waals surface area contributed by atoms with Crippen LogP contribution in [0.2, 0.25) is 0 Å². The number of benzene rings is 1. The molecule has 0 radical (unpaired) electrons. The Balaban J connectivity index is 1.94. The minimum atomic E-state index is -0.720. The quantitative estimate of drug-likeness (QED) is 0.769. The van der Waals surface area contributed by atoms with Crippen LogP contribution in [0.4, 0.5) is 5.69 Å². The van der Waals surface area contributed by atoms with Crippen LogP contribution in [-0.4, -0.2) is 17.6 Å². The molecule has 0 atom stereocenters. The zero-order valence-corrected chi connectivity index (χ0v) is 10.0. The van der Waals surface area contributed by atoms with Crippen LogP contribution in [0.1, 0.15) is 36.8 Å². The van der Waals surface area contributed by atoms with Crippen molar-refractivity contribution in [2.24, 2.45) is 0 Å². The monoisotopic (exact) mass is 233 g/mol. The standard InChI is InChI=1S/C14H19NO2/c16-14(17)9-4-10-15-13-8-3-6-11-5-1-2-7-12(11)13/h3,6,8,15H,1-2,4-5,7,9-10H2,(H,16,17). The first-order valence-corrected chi connectivity index (χ1v) is 6.34. The smallest absolute Gasteiger partial charge is 0.303 e. The van der Waals surface area contributed by atoms with Gasteiger partial charge in [0.05, 0.1) is 0 Å². The lowest BCUT2D eigenvalue weighted by Gasteiger charge is -2.20. The maximum Gasteiger partial charge on any atom is 0.303 e. The van der Waals surface area contributed by atoms with Gasteiger partial charge in [-0.1, -0.05) is 12.1 Å². The fourth-order valence-electron chi connectivity index (χ4n) is 2.41. The lowest BCUT2D eigenvalue weighted by atomic mass is 9.90. The Labute approximate surface area is 102 Å². The number of hydrogen-bond acceptors (Lipinski definition) is 2. The fourth-order valence-corrected chi connectivity index (χ4v) is 2.41. The molecule has 1 aromatic carbocycles. The molecule has 1 aliphatic carbocycles. The van der Waals surface area contributed by atoms with E-state index in [4.69, 9.17) is 5.11 Å². The van der Waals surface area contributed by atoms with Crippen LogP contribution >= 0.6 is 0 Å². The normalized spacial score (nSPS) is 14.1. The molecule has 92 valence electrons. The molecular weight excluding hydrogens is 214 g/mol. The summed E-state index contributed by atoms with van der Waals surface area (Å²) in [7, 11) is 0. The van der Waals surface area contributed by atoms with E-state index < -0.39 is 5.97 Å². The molecule has 3 nitrogen and oxygen atoms in total. The zero-order valence-electron chi connectivity index (χ0n) is 10.0. The third kappa shape index (κ3) is 3.22.